The molecule has 116 valence electrons. The number of aliphatic hydroxyl groups excluding tert-OH is 3. The van der Waals surface area contributed by atoms with Gasteiger partial charge < -0.3 is 20.1 Å². The van der Waals surface area contributed by atoms with E-state index < -0.39 is 31.1 Å². The van der Waals surface area contributed by atoms with Gasteiger partial charge in [-0.25, -0.2) is 9.67 Å². The molecule has 0 saturated carbocycles. The van der Waals surface area contributed by atoms with Crippen LogP contribution in [0.15, 0.2) is 36.7 Å². The summed E-state index contributed by atoms with van der Waals surface area (Å²) >= 11 is 0. The highest BCUT2D eigenvalue weighted by atomic mass is 16.6. The van der Waals surface area contributed by atoms with E-state index in [-0.39, 0.29) is 11.6 Å². The molecule has 4 atom stereocenters. The van der Waals surface area contributed by atoms with Crippen LogP contribution in [0.5, 0.6) is 0 Å². The Kier molecular flexibility index (Phi) is 3.99. The van der Waals surface area contributed by atoms with Crippen LogP contribution in [0.4, 0.5) is 0 Å². The van der Waals surface area contributed by atoms with Gasteiger partial charge in [0.2, 0.25) is 11.6 Å². The summed E-state index contributed by atoms with van der Waals surface area (Å²) < 4.78 is 6.49. The number of benzene rings is 1. The average molecular weight is 305 g/mol. The van der Waals surface area contributed by atoms with E-state index in [4.69, 9.17) is 9.84 Å². The van der Waals surface area contributed by atoms with E-state index in [1.54, 1.807) is 30.3 Å². The van der Waals surface area contributed by atoms with Gasteiger partial charge >= 0.3 is 0 Å². The first kappa shape index (κ1) is 14.8. The molecule has 0 spiro atoms. The summed E-state index contributed by atoms with van der Waals surface area (Å²) in [6.45, 7) is -0.431. The van der Waals surface area contributed by atoms with E-state index >= 15 is 0 Å². The standard InChI is InChI=1S/C14H15N3O5/c18-6-9-11(20)12(21)14(22-9)17-7-15-13(16-17)10(19)8-4-2-1-3-5-8/h1-5,7,9,11-12,14,18,20-21H,6H2/t9-,11-,12-,14-/m1/s1. The summed E-state index contributed by atoms with van der Waals surface area (Å²) in [7, 11) is 0. The second-order valence-electron chi connectivity index (χ2n) is 4.97. The zero-order chi connectivity index (χ0) is 15.7. The Labute approximate surface area is 125 Å². The van der Waals surface area contributed by atoms with E-state index in [0.29, 0.717) is 5.56 Å². The zero-order valence-corrected chi connectivity index (χ0v) is 11.5. The number of hydrogen-bond acceptors (Lipinski definition) is 7. The molecule has 1 saturated heterocycles. The van der Waals surface area contributed by atoms with Crippen LogP contribution in [0.3, 0.4) is 0 Å². The van der Waals surface area contributed by atoms with Crippen LogP contribution >= 0.6 is 0 Å². The van der Waals surface area contributed by atoms with Crippen molar-refractivity contribution >= 4 is 5.78 Å². The zero-order valence-electron chi connectivity index (χ0n) is 11.5. The van der Waals surface area contributed by atoms with E-state index in [9.17, 15) is 15.0 Å². The van der Waals surface area contributed by atoms with Gasteiger partial charge in [0.1, 0.15) is 24.6 Å². The summed E-state index contributed by atoms with van der Waals surface area (Å²) in [5.41, 5.74) is 0.446. The Hall–Kier alpha value is -2.13. The predicted octanol–water partition coefficient (Wildman–Crippen LogP) is -0.879. The monoisotopic (exact) mass is 305 g/mol. The molecule has 0 aliphatic carbocycles. The van der Waals surface area contributed by atoms with Crippen LogP contribution in [-0.2, 0) is 4.74 Å². The molecule has 3 rings (SSSR count). The van der Waals surface area contributed by atoms with Crippen molar-refractivity contribution in [2.45, 2.75) is 24.5 Å². The first-order valence-electron chi connectivity index (χ1n) is 6.75. The summed E-state index contributed by atoms with van der Waals surface area (Å²) in [4.78, 5) is 16.1. The SMILES string of the molecule is O=C(c1ccccc1)c1ncn([C@@H]2O[C@H](CO)[C@@H](O)[C@H]2O)n1. The Morgan fingerprint density at radius 1 is 1.23 bits per heavy atom. The van der Waals surface area contributed by atoms with Crippen molar-refractivity contribution in [3.05, 3.63) is 48.0 Å². The number of rotatable bonds is 4. The van der Waals surface area contributed by atoms with Gasteiger partial charge in [-0.1, -0.05) is 30.3 Å². The number of ether oxygens (including phenoxy) is 1. The van der Waals surface area contributed by atoms with Gasteiger partial charge in [0.15, 0.2) is 6.23 Å². The first-order valence-corrected chi connectivity index (χ1v) is 6.75. The Bertz CT molecular complexity index is 660. The minimum atomic E-state index is -1.27. The number of carbonyl (C=O) groups is 1. The van der Waals surface area contributed by atoms with Crippen molar-refractivity contribution in [3.8, 4) is 0 Å². The van der Waals surface area contributed by atoms with Crippen LogP contribution < -0.4 is 0 Å². The van der Waals surface area contributed by atoms with E-state index in [1.807, 2.05) is 0 Å². The fraction of sp³-hybridized carbons (Fsp3) is 0.357. The third kappa shape index (κ3) is 2.53. The molecule has 0 amide bonds. The van der Waals surface area contributed by atoms with Crippen LogP contribution in [0.1, 0.15) is 22.4 Å². The Morgan fingerprint density at radius 3 is 2.59 bits per heavy atom. The summed E-state index contributed by atoms with van der Waals surface area (Å²) in [6.07, 6.45) is -3.16. The Morgan fingerprint density at radius 2 is 1.95 bits per heavy atom. The molecule has 8 heteroatoms. The number of aromatic nitrogens is 3. The fourth-order valence-corrected chi connectivity index (χ4v) is 2.32. The third-order valence-electron chi connectivity index (χ3n) is 3.53. The van der Waals surface area contributed by atoms with E-state index in [0.717, 1.165) is 0 Å². The van der Waals surface area contributed by atoms with Crippen molar-refractivity contribution in [2.24, 2.45) is 0 Å². The van der Waals surface area contributed by atoms with Gasteiger partial charge in [-0.3, -0.25) is 4.79 Å². The molecule has 2 heterocycles. The number of hydrogen-bond donors (Lipinski definition) is 3. The highest BCUT2D eigenvalue weighted by Gasteiger charge is 2.44. The largest absolute Gasteiger partial charge is 0.394 e. The van der Waals surface area contributed by atoms with E-state index in [1.165, 1.54) is 11.0 Å². The van der Waals surface area contributed by atoms with Crippen molar-refractivity contribution in [3.63, 3.8) is 0 Å². The van der Waals surface area contributed by atoms with Gasteiger partial charge in [0, 0.05) is 5.56 Å². The maximum atomic E-state index is 12.2. The molecular weight excluding hydrogens is 290 g/mol. The molecule has 8 nitrogen and oxygen atoms in total. The van der Waals surface area contributed by atoms with Crippen molar-refractivity contribution in [2.75, 3.05) is 6.61 Å². The number of carbonyl (C=O) groups excluding carboxylic acids is 1. The predicted molar refractivity (Wildman–Crippen MR) is 72.9 cm³/mol. The second-order valence-corrected chi connectivity index (χ2v) is 4.97. The minimum Gasteiger partial charge on any atom is -0.394 e. The second kappa shape index (κ2) is 5.93. The van der Waals surface area contributed by atoms with Crippen molar-refractivity contribution in [1.29, 1.82) is 0 Å². The summed E-state index contributed by atoms with van der Waals surface area (Å²) in [5.74, 6) is -0.393. The van der Waals surface area contributed by atoms with E-state index in [2.05, 4.69) is 10.1 Å². The van der Waals surface area contributed by atoms with Gasteiger partial charge in [0.05, 0.1) is 6.61 Å². The number of aliphatic hydroxyl groups is 3. The lowest BCUT2D eigenvalue weighted by molar-refractivity contribution is -0.0588. The van der Waals surface area contributed by atoms with Gasteiger partial charge in [-0.15, -0.1) is 5.10 Å². The normalized spacial score (nSPS) is 28.0. The molecule has 1 aromatic carbocycles. The van der Waals surface area contributed by atoms with Gasteiger partial charge in [-0.2, -0.15) is 0 Å². The lowest BCUT2D eigenvalue weighted by Crippen LogP contribution is -2.33. The molecular formula is C14H15N3O5. The lowest BCUT2D eigenvalue weighted by atomic mass is 10.1. The number of nitrogens with zero attached hydrogens (tertiary/aromatic N) is 3. The Balaban J connectivity index is 1.81. The van der Waals surface area contributed by atoms with Crippen LogP contribution in [0.25, 0.3) is 0 Å². The molecule has 0 bridgehead atoms. The molecule has 1 aliphatic heterocycles. The van der Waals surface area contributed by atoms with Gasteiger partial charge in [0.25, 0.3) is 0 Å². The fourth-order valence-electron chi connectivity index (χ4n) is 2.32. The maximum absolute atomic E-state index is 12.2. The lowest BCUT2D eigenvalue weighted by Gasteiger charge is -2.13. The van der Waals surface area contributed by atoms with Crippen LogP contribution in [-0.4, -0.2) is 60.8 Å². The molecule has 1 fully saturated rings. The smallest absolute Gasteiger partial charge is 0.232 e. The first-order chi connectivity index (χ1) is 10.6. The molecule has 3 N–H and O–H groups in total. The maximum Gasteiger partial charge on any atom is 0.232 e. The van der Waals surface area contributed by atoms with Crippen LogP contribution in [0.2, 0.25) is 0 Å². The quantitative estimate of drug-likeness (QED) is 0.628. The average Bonchev–Trinajstić information content (AvgIpc) is 3.14. The molecule has 2 aromatic rings. The van der Waals surface area contributed by atoms with Crippen molar-refractivity contribution < 1.29 is 24.9 Å². The topological polar surface area (TPSA) is 118 Å². The summed E-state index contributed by atoms with van der Waals surface area (Å²) in [5, 5.41) is 32.7. The van der Waals surface area contributed by atoms with Gasteiger partial charge in [-0.05, 0) is 0 Å². The van der Waals surface area contributed by atoms with Crippen molar-refractivity contribution in [1.82, 2.24) is 14.8 Å². The molecule has 22 heavy (non-hydrogen) atoms. The minimum absolute atomic E-state index is 0.0380. The highest BCUT2D eigenvalue weighted by molar-refractivity contribution is 6.06. The molecule has 1 aliphatic rings. The number of ketones is 1. The molecule has 1 aromatic heterocycles. The van der Waals surface area contributed by atoms with Crippen LogP contribution in [0, 0.1) is 0 Å². The third-order valence-corrected chi connectivity index (χ3v) is 3.53. The summed E-state index contributed by atoms with van der Waals surface area (Å²) in [6, 6.07) is 8.56. The molecule has 0 radical (unpaired) electrons. The highest BCUT2D eigenvalue weighted by Crippen LogP contribution is 2.28. The molecule has 0 unspecified atom stereocenters.